The molecule has 0 bridgehead atoms. The van der Waals surface area contributed by atoms with E-state index in [1.54, 1.807) is 0 Å². The SMILES string of the molecule is CC1(C)c2ccccc2-c2ccc(N(c3ccc(-c4c(-c5ccccc5)cccc4-c4cc5ccccc5c5ccccc45)cc3)c3ccc(C4CCCCC4)cc3)cc21. The van der Waals surface area contributed by atoms with E-state index in [2.05, 4.69) is 213 Å². The van der Waals surface area contributed by atoms with Gasteiger partial charge >= 0.3 is 0 Å². The predicted molar refractivity (Wildman–Crippen MR) is 256 cm³/mol. The molecule has 2 aliphatic carbocycles. The summed E-state index contributed by atoms with van der Waals surface area (Å²) in [7, 11) is 0. The molecule has 1 nitrogen and oxygen atoms in total. The van der Waals surface area contributed by atoms with E-state index in [0.29, 0.717) is 5.92 Å². The highest BCUT2D eigenvalue weighted by molar-refractivity contribution is 6.15. The summed E-state index contributed by atoms with van der Waals surface area (Å²) in [5, 5.41) is 5.09. The third-order valence-electron chi connectivity index (χ3n) is 13.7. The summed E-state index contributed by atoms with van der Waals surface area (Å²) in [4.78, 5) is 2.47. The fourth-order valence-corrected chi connectivity index (χ4v) is 10.6. The molecule has 0 radical (unpaired) electrons. The van der Waals surface area contributed by atoms with Gasteiger partial charge in [-0.2, -0.15) is 0 Å². The lowest BCUT2D eigenvalue weighted by Crippen LogP contribution is -2.16. The van der Waals surface area contributed by atoms with Crippen molar-refractivity contribution in [2.75, 3.05) is 4.90 Å². The molecule has 0 spiro atoms. The molecule has 9 aromatic rings. The fourth-order valence-electron chi connectivity index (χ4n) is 10.6. The van der Waals surface area contributed by atoms with Gasteiger partial charge in [0, 0.05) is 22.5 Å². The van der Waals surface area contributed by atoms with Crippen molar-refractivity contribution in [1.29, 1.82) is 0 Å². The number of anilines is 3. The first-order valence-corrected chi connectivity index (χ1v) is 21.9. The van der Waals surface area contributed by atoms with Crippen molar-refractivity contribution in [3.8, 4) is 44.5 Å². The van der Waals surface area contributed by atoms with Gasteiger partial charge in [0.05, 0.1) is 0 Å². The molecule has 0 atom stereocenters. The van der Waals surface area contributed by atoms with Crippen molar-refractivity contribution >= 4 is 38.6 Å². The molecule has 60 heavy (non-hydrogen) atoms. The molecule has 0 heterocycles. The highest BCUT2D eigenvalue weighted by atomic mass is 15.1. The zero-order chi connectivity index (χ0) is 40.2. The zero-order valence-corrected chi connectivity index (χ0v) is 34.5. The monoisotopic (exact) mass is 771 g/mol. The van der Waals surface area contributed by atoms with E-state index in [-0.39, 0.29) is 5.41 Å². The first kappa shape index (κ1) is 36.4. The van der Waals surface area contributed by atoms with E-state index >= 15 is 0 Å². The van der Waals surface area contributed by atoms with E-state index < -0.39 is 0 Å². The van der Waals surface area contributed by atoms with Crippen molar-refractivity contribution in [2.45, 2.75) is 57.3 Å². The van der Waals surface area contributed by atoms with E-state index in [0.717, 1.165) is 5.69 Å². The molecular formula is C59H49N. The summed E-state index contributed by atoms with van der Waals surface area (Å²) in [6.07, 6.45) is 6.64. The van der Waals surface area contributed by atoms with Crippen LogP contribution in [0.25, 0.3) is 66.1 Å². The van der Waals surface area contributed by atoms with Gasteiger partial charge in [-0.3, -0.25) is 0 Å². The smallest absolute Gasteiger partial charge is 0.0465 e. The predicted octanol–water partition coefficient (Wildman–Crippen LogP) is 16.8. The fraction of sp³-hybridized carbons (Fsp3) is 0.153. The molecule has 0 saturated heterocycles. The van der Waals surface area contributed by atoms with Crippen molar-refractivity contribution in [1.82, 2.24) is 0 Å². The summed E-state index contributed by atoms with van der Waals surface area (Å²) in [5.41, 5.74) is 17.7. The second-order valence-corrected chi connectivity index (χ2v) is 17.5. The van der Waals surface area contributed by atoms with Crippen molar-refractivity contribution in [2.24, 2.45) is 0 Å². The maximum absolute atomic E-state index is 2.47. The van der Waals surface area contributed by atoms with Gasteiger partial charge < -0.3 is 4.90 Å². The standard InChI is InChI=1S/C59H49N/c1-59(2)56-27-14-13-24-52(56)53-37-36-47(39-57(53)59)60(45-32-28-41(29-33-45)40-16-5-3-6-17-40)46-34-30-43(31-35-46)58-49(42-18-7-4-8-19-42)25-15-26-54(58)55-38-44-20-9-10-21-48(44)50-22-11-12-23-51(50)55/h4,7-15,18-40H,3,5-6,16-17H2,1-2H3. The Labute approximate surface area is 354 Å². The van der Waals surface area contributed by atoms with Crippen LogP contribution in [0.1, 0.15) is 68.6 Å². The highest BCUT2D eigenvalue weighted by Gasteiger charge is 2.35. The largest absolute Gasteiger partial charge is 0.310 e. The number of nitrogens with zero attached hydrogens (tertiary/aromatic N) is 1. The Balaban J connectivity index is 1.07. The Bertz CT molecular complexity index is 3020. The van der Waals surface area contributed by atoms with Crippen LogP contribution in [0.15, 0.2) is 194 Å². The van der Waals surface area contributed by atoms with Gasteiger partial charge in [0.25, 0.3) is 0 Å². The van der Waals surface area contributed by atoms with Gasteiger partial charge in [0.15, 0.2) is 0 Å². The Kier molecular flexibility index (Phi) is 9.00. The average molecular weight is 772 g/mol. The molecule has 1 heteroatoms. The summed E-state index contributed by atoms with van der Waals surface area (Å²) in [6.45, 7) is 4.75. The molecule has 0 N–H and O–H groups in total. The number of hydrogen-bond donors (Lipinski definition) is 0. The van der Waals surface area contributed by atoms with Crippen molar-refractivity contribution in [3.05, 3.63) is 211 Å². The van der Waals surface area contributed by atoms with Crippen LogP contribution < -0.4 is 4.90 Å². The molecule has 0 aromatic heterocycles. The zero-order valence-electron chi connectivity index (χ0n) is 34.5. The third kappa shape index (κ3) is 6.15. The van der Waals surface area contributed by atoms with Crippen LogP contribution in [0, 0.1) is 0 Å². The highest BCUT2D eigenvalue weighted by Crippen LogP contribution is 2.51. The lowest BCUT2D eigenvalue weighted by molar-refractivity contribution is 0.443. The molecule has 2 aliphatic rings. The maximum Gasteiger partial charge on any atom is 0.0465 e. The van der Waals surface area contributed by atoms with E-state index in [9.17, 15) is 0 Å². The Morgan fingerprint density at radius 1 is 0.400 bits per heavy atom. The van der Waals surface area contributed by atoms with Crippen LogP contribution in [-0.4, -0.2) is 0 Å². The molecule has 290 valence electrons. The number of rotatable bonds is 7. The molecule has 1 fully saturated rings. The van der Waals surface area contributed by atoms with Crippen molar-refractivity contribution in [3.63, 3.8) is 0 Å². The number of fused-ring (bicyclic) bond motifs is 6. The summed E-state index contributed by atoms with van der Waals surface area (Å²) in [5.74, 6) is 0.665. The van der Waals surface area contributed by atoms with Crippen LogP contribution in [-0.2, 0) is 5.41 Å². The summed E-state index contributed by atoms with van der Waals surface area (Å²) < 4.78 is 0. The van der Waals surface area contributed by atoms with Crippen molar-refractivity contribution < 1.29 is 0 Å². The Morgan fingerprint density at radius 2 is 1.00 bits per heavy atom. The lowest BCUT2D eigenvalue weighted by Gasteiger charge is -2.29. The van der Waals surface area contributed by atoms with Gasteiger partial charge in [-0.05, 0) is 144 Å². The molecule has 0 unspecified atom stereocenters. The van der Waals surface area contributed by atoms with Crippen LogP contribution in [0.4, 0.5) is 17.1 Å². The molecule has 0 aliphatic heterocycles. The van der Waals surface area contributed by atoms with Gasteiger partial charge in [0.1, 0.15) is 0 Å². The van der Waals surface area contributed by atoms with E-state index in [1.807, 2.05) is 0 Å². The minimum Gasteiger partial charge on any atom is -0.310 e. The van der Waals surface area contributed by atoms with Crippen LogP contribution >= 0.6 is 0 Å². The molecule has 1 saturated carbocycles. The number of benzene rings is 9. The Hall–Kier alpha value is -6.70. The molecule has 11 rings (SSSR count). The Morgan fingerprint density at radius 3 is 1.78 bits per heavy atom. The number of hydrogen-bond acceptors (Lipinski definition) is 1. The summed E-state index contributed by atoms with van der Waals surface area (Å²) in [6, 6.07) is 72.7. The molecule has 9 aromatic carbocycles. The average Bonchev–Trinajstić information content (AvgIpc) is 3.55. The summed E-state index contributed by atoms with van der Waals surface area (Å²) >= 11 is 0. The van der Waals surface area contributed by atoms with Gasteiger partial charge in [0.2, 0.25) is 0 Å². The lowest BCUT2D eigenvalue weighted by atomic mass is 9.82. The second kappa shape index (κ2) is 14.8. The minimum atomic E-state index is -0.0905. The first-order valence-electron chi connectivity index (χ1n) is 21.9. The van der Waals surface area contributed by atoms with Gasteiger partial charge in [-0.25, -0.2) is 0 Å². The molecule has 0 amide bonds. The van der Waals surface area contributed by atoms with Gasteiger partial charge in [-0.1, -0.05) is 185 Å². The third-order valence-corrected chi connectivity index (χ3v) is 13.7. The van der Waals surface area contributed by atoms with E-state index in [1.165, 1.54) is 126 Å². The maximum atomic E-state index is 2.47. The van der Waals surface area contributed by atoms with E-state index in [4.69, 9.17) is 0 Å². The van der Waals surface area contributed by atoms with Crippen LogP contribution in [0.2, 0.25) is 0 Å². The second-order valence-electron chi connectivity index (χ2n) is 17.5. The molecular weight excluding hydrogens is 723 g/mol. The van der Waals surface area contributed by atoms with Gasteiger partial charge in [-0.15, -0.1) is 0 Å². The van der Waals surface area contributed by atoms with Crippen LogP contribution in [0.5, 0.6) is 0 Å². The first-order chi connectivity index (χ1) is 29.5. The quantitative estimate of drug-likeness (QED) is 0.146. The normalized spacial score (nSPS) is 14.6. The topological polar surface area (TPSA) is 3.24 Å². The minimum absolute atomic E-state index is 0.0905. The van der Waals surface area contributed by atoms with Crippen LogP contribution in [0.3, 0.4) is 0 Å².